The van der Waals surface area contributed by atoms with E-state index in [-0.39, 0.29) is 25.8 Å². The number of hydrogen-bond acceptors (Lipinski definition) is 16. The van der Waals surface area contributed by atoms with Crippen molar-refractivity contribution in [3.05, 3.63) is 0 Å². The summed E-state index contributed by atoms with van der Waals surface area (Å²) in [6.07, 6.45) is -11.2. The number of unbranched alkanes of at least 4 members (excludes halogenated alkanes) is 1. The van der Waals surface area contributed by atoms with Crippen molar-refractivity contribution in [3.63, 3.8) is 0 Å². The lowest BCUT2D eigenvalue weighted by atomic mass is 9.97. The molecule has 12 N–H and O–H groups in total. The van der Waals surface area contributed by atoms with Gasteiger partial charge in [0.05, 0.1) is 13.2 Å². The molecule has 2 saturated heterocycles. The Hall–Kier alpha value is -3.58. The van der Waals surface area contributed by atoms with E-state index < -0.39 is 136 Å². The monoisotopic (exact) mass is 725 g/mol. The fourth-order valence-corrected chi connectivity index (χ4v) is 5.08. The first-order chi connectivity index (χ1) is 23.6. The molecule has 22 nitrogen and oxygen atoms in total. The van der Waals surface area contributed by atoms with Gasteiger partial charge in [0.2, 0.25) is 29.5 Å². The lowest BCUT2D eigenvalue weighted by molar-refractivity contribution is -0.268. The second kappa shape index (κ2) is 20.9. The van der Waals surface area contributed by atoms with E-state index in [0.717, 1.165) is 13.8 Å². The quantitative estimate of drug-likeness (QED) is 0.0550. The van der Waals surface area contributed by atoms with Crippen LogP contribution >= 0.6 is 0 Å². The maximum absolute atomic E-state index is 12.7. The molecule has 0 saturated carbocycles. The first-order valence-corrected chi connectivity index (χ1v) is 15.7. The number of rotatable bonds is 19. The highest BCUT2D eigenvalue weighted by Crippen LogP contribution is 2.23. The van der Waals surface area contributed by atoms with Crippen molar-refractivity contribution < 1.29 is 83.5 Å². The minimum absolute atomic E-state index is 0.0213. The summed E-state index contributed by atoms with van der Waals surface area (Å²) in [6.45, 7) is -1.15. The number of carboxylic acids is 1. The van der Waals surface area contributed by atoms with Gasteiger partial charge in [0.15, 0.2) is 12.6 Å². The molecular weight excluding hydrogens is 678 g/mol. The van der Waals surface area contributed by atoms with Gasteiger partial charge in [-0.05, 0) is 19.3 Å². The van der Waals surface area contributed by atoms with Crippen LogP contribution in [0.3, 0.4) is 0 Å². The summed E-state index contributed by atoms with van der Waals surface area (Å²) in [7, 11) is 0. The summed E-state index contributed by atoms with van der Waals surface area (Å²) in [6, 6.07) is -3.82. The van der Waals surface area contributed by atoms with Crippen LogP contribution in [0.2, 0.25) is 0 Å². The molecule has 0 aromatic rings. The lowest BCUT2D eigenvalue weighted by Crippen LogP contribution is -2.64. The van der Waals surface area contributed by atoms with E-state index in [2.05, 4.69) is 26.6 Å². The zero-order valence-electron chi connectivity index (χ0n) is 27.4. The number of aliphatic carboxylic acids is 1. The number of carboxylic acid groups (broad SMARTS) is 1. The topological polar surface area (TPSA) is 341 Å². The molecule has 0 unspecified atom stereocenters. The van der Waals surface area contributed by atoms with Gasteiger partial charge in [-0.25, -0.2) is 0 Å². The summed E-state index contributed by atoms with van der Waals surface area (Å²) in [5.41, 5.74) is 0. The zero-order valence-corrected chi connectivity index (χ0v) is 27.4. The van der Waals surface area contributed by atoms with Crippen LogP contribution in [-0.2, 0) is 47.7 Å². The highest BCUT2D eigenvalue weighted by Gasteiger charge is 2.46. The Morgan fingerprint density at radius 2 is 1.18 bits per heavy atom. The van der Waals surface area contributed by atoms with Crippen LogP contribution in [0.4, 0.5) is 0 Å². The highest BCUT2D eigenvalue weighted by atomic mass is 16.7. The van der Waals surface area contributed by atoms with Gasteiger partial charge in [-0.3, -0.25) is 28.8 Å². The Morgan fingerprint density at radius 3 is 1.62 bits per heavy atom. The molecule has 2 heterocycles. The van der Waals surface area contributed by atoms with Gasteiger partial charge in [0.25, 0.3) is 0 Å². The van der Waals surface area contributed by atoms with Crippen LogP contribution in [0.15, 0.2) is 0 Å². The maximum Gasteiger partial charge on any atom is 0.322 e. The van der Waals surface area contributed by atoms with Gasteiger partial charge in [0.1, 0.15) is 74.5 Å². The van der Waals surface area contributed by atoms with E-state index in [4.69, 9.17) is 24.1 Å². The molecule has 2 aliphatic heterocycles. The summed E-state index contributed by atoms with van der Waals surface area (Å²) >= 11 is 0. The largest absolute Gasteiger partial charge is 0.480 e. The summed E-state index contributed by atoms with van der Waals surface area (Å²) in [5, 5.41) is 80.4. The van der Waals surface area contributed by atoms with Crippen LogP contribution in [-0.4, -0.2) is 178 Å². The van der Waals surface area contributed by atoms with E-state index in [0.29, 0.717) is 0 Å². The normalized spacial score (nSPS) is 30.0. The van der Waals surface area contributed by atoms with Crippen molar-refractivity contribution in [2.24, 2.45) is 0 Å². The van der Waals surface area contributed by atoms with E-state index in [1.807, 2.05) is 0 Å². The molecule has 2 aliphatic rings. The van der Waals surface area contributed by atoms with Crippen LogP contribution in [0, 0.1) is 0 Å². The van der Waals surface area contributed by atoms with Crippen molar-refractivity contribution >= 4 is 35.5 Å². The summed E-state index contributed by atoms with van der Waals surface area (Å²) in [5.74, 6) is -4.88. The third kappa shape index (κ3) is 13.3. The molecule has 0 aromatic carbocycles. The van der Waals surface area contributed by atoms with E-state index in [1.54, 1.807) is 0 Å². The zero-order chi connectivity index (χ0) is 37.5. The first kappa shape index (κ1) is 42.6. The van der Waals surface area contributed by atoms with Gasteiger partial charge in [-0.2, -0.15) is 0 Å². The minimum Gasteiger partial charge on any atom is -0.480 e. The van der Waals surface area contributed by atoms with E-state index in [9.17, 15) is 59.4 Å². The molecule has 0 radical (unpaired) electrons. The standard InChI is InChI=1S/C28H47N5O17/c1-12(36)31-20-24(44)22(42)15(8-34)49-27(20)47-10-17(38)29-6-4-3-5-14(26(46)30-7-19(40)41)33-18(39)11-48-28-21(32-13(2)37)25(45)23(43)16(9-35)50-28/h14-16,20-25,27-28,34-35,42-45H,3-11H2,1-2H3,(H,29,38)(H,30,46)(H,31,36)(H,32,37)(H,33,39)(H,40,41)/t14-,15+,16+,20-,21-,22+,23+,24+,25+,27+,28+/m0/s1. The van der Waals surface area contributed by atoms with Crippen molar-refractivity contribution in [3.8, 4) is 0 Å². The second-order valence-electron chi connectivity index (χ2n) is 11.6. The van der Waals surface area contributed by atoms with Crippen LogP contribution < -0.4 is 26.6 Å². The Kier molecular flexibility index (Phi) is 17.8. The number of ether oxygens (including phenoxy) is 4. The van der Waals surface area contributed by atoms with Gasteiger partial charge >= 0.3 is 5.97 Å². The van der Waals surface area contributed by atoms with Crippen molar-refractivity contribution in [1.29, 1.82) is 0 Å². The molecule has 0 aromatic heterocycles. The van der Waals surface area contributed by atoms with Crippen LogP contribution in [0.1, 0.15) is 33.1 Å². The molecule has 50 heavy (non-hydrogen) atoms. The van der Waals surface area contributed by atoms with Gasteiger partial charge < -0.3 is 81.3 Å². The SMILES string of the molecule is CC(=O)N[C@@H]1[C@H](OCC(=O)NCCCC[C@H](NC(=O)CO[C@@H]2O[C@H](CO)[C@@H](O)[C@H](O)[C@@H]2NC(C)=O)C(=O)NCC(=O)O)O[C@H](CO)[C@@H](O)[C@@H]1O. The molecule has 286 valence electrons. The van der Waals surface area contributed by atoms with Crippen LogP contribution in [0.5, 0.6) is 0 Å². The fraction of sp³-hybridized carbons (Fsp3) is 0.786. The van der Waals surface area contributed by atoms with E-state index >= 15 is 0 Å². The van der Waals surface area contributed by atoms with Gasteiger partial charge in [-0.15, -0.1) is 0 Å². The molecule has 5 amide bonds. The van der Waals surface area contributed by atoms with Crippen molar-refractivity contribution in [1.82, 2.24) is 26.6 Å². The number of aliphatic hydroxyl groups excluding tert-OH is 6. The molecule has 22 heteroatoms. The first-order valence-electron chi connectivity index (χ1n) is 15.7. The average molecular weight is 726 g/mol. The maximum atomic E-state index is 12.7. The Bertz CT molecular complexity index is 1160. The average Bonchev–Trinajstić information content (AvgIpc) is 3.06. The third-order valence-electron chi connectivity index (χ3n) is 7.57. The molecule has 0 spiro atoms. The van der Waals surface area contributed by atoms with Crippen LogP contribution in [0.25, 0.3) is 0 Å². The van der Waals surface area contributed by atoms with E-state index in [1.165, 1.54) is 0 Å². The molecule has 2 fully saturated rings. The Balaban J connectivity index is 1.89. The Morgan fingerprint density at radius 1 is 0.700 bits per heavy atom. The number of nitrogens with one attached hydrogen (secondary N) is 5. The van der Waals surface area contributed by atoms with Crippen molar-refractivity contribution in [2.75, 3.05) is 39.5 Å². The Labute approximate surface area is 285 Å². The molecule has 11 atom stereocenters. The highest BCUT2D eigenvalue weighted by molar-refractivity contribution is 5.89. The smallest absolute Gasteiger partial charge is 0.322 e. The summed E-state index contributed by atoms with van der Waals surface area (Å²) in [4.78, 5) is 71.8. The lowest BCUT2D eigenvalue weighted by Gasteiger charge is -2.42. The predicted octanol–water partition coefficient (Wildman–Crippen LogP) is -7.12. The van der Waals surface area contributed by atoms with Crippen molar-refractivity contribution in [2.45, 2.75) is 100 Å². The number of carbonyl (C=O) groups excluding carboxylic acids is 5. The number of hydrogen-bond donors (Lipinski definition) is 12. The minimum atomic E-state index is -1.62. The molecular formula is C28H47N5O17. The molecule has 0 aliphatic carbocycles. The van der Waals surface area contributed by atoms with Gasteiger partial charge in [0, 0.05) is 20.4 Å². The molecule has 0 bridgehead atoms. The summed E-state index contributed by atoms with van der Waals surface area (Å²) < 4.78 is 21.5. The number of carbonyl (C=O) groups is 6. The fourth-order valence-electron chi connectivity index (χ4n) is 5.08. The number of aliphatic hydroxyl groups is 6. The third-order valence-corrected chi connectivity index (χ3v) is 7.57. The second-order valence-corrected chi connectivity index (χ2v) is 11.6. The molecule has 2 rings (SSSR count). The number of amides is 5. The predicted molar refractivity (Wildman–Crippen MR) is 162 cm³/mol. The van der Waals surface area contributed by atoms with Gasteiger partial charge in [-0.1, -0.05) is 0 Å².